The zero-order valence-electron chi connectivity index (χ0n) is 21.9. The Morgan fingerprint density at radius 2 is 1.65 bits per heavy atom. The lowest BCUT2D eigenvalue weighted by Gasteiger charge is -2.42. The topological polar surface area (TPSA) is 9.23 Å². The second-order valence-corrected chi connectivity index (χ2v) is 10.5. The zero-order valence-corrected chi connectivity index (χ0v) is 21.9. The Kier molecular flexibility index (Phi) is 9.56. The molecule has 2 aromatic carbocycles. The van der Waals surface area contributed by atoms with Gasteiger partial charge in [-0.1, -0.05) is 48.6 Å². The molecule has 4 heteroatoms. The lowest BCUT2D eigenvalue weighted by atomic mass is 9.63. The van der Waals surface area contributed by atoms with E-state index in [1.807, 2.05) is 13.0 Å². The first-order valence-electron chi connectivity index (χ1n) is 13.6. The highest BCUT2D eigenvalue weighted by Gasteiger charge is 2.36. The van der Waals surface area contributed by atoms with Crippen LogP contribution in [0.5, 0.6) is 5.75 Å². The number of fused-ring (bicyclic) bond motifs is 1. The second kappa shape index (κ2) is 13.0. The molecule has 4 unspecified atom stereocenters. The van der Waals surface area contributed by atoms with Crippen molar-refractivity contribution in [2.24, 2.45) is 17.8 Å². The molecule has 2 aliphatic carbocycles. The van der Waals surface area contributed by atoms with Gasteiger partial charge in [-0.15, -0.1) is 0 Å². The molecule has 0 aromatic heterocycles. The Morgan fingerprint density at radius 1 is 0.865 bits per heavy atom. The van der Waals surface area contributed by atoms with Gasteiger partial charge in [-0.25, -0.2) is 13.2 Å². The molecule has 2 fully saturated rings. The molecule has 0 N–H and O–H groups in total. The van der Waals surface area contributed by atoms with Gasteiger partial charge in [0.2, 0.25) is 0 Å². The maximum Gasteiger partial charge on any atom is 0.174 e. The highest BCUT2D eigenvalue weighted by Crippen LogP contribution is 2.48. The number of halogens is 3. The van der Waals surface area contributed by atoms with Gasteiger partial charge >= 0.3 is 0 Å². The number of rotatable bonds is 7. The van der Waals surface area contributed by atoms with Crippen LogP contribution in [0.25, 0.3) is 0 Å². The summed E-state index contributed by atoms with van der Waals surface area (Å²) in [5, 5.41) is 0. The van der Waals surface area contributed by atoms with Gasteiger partial charge in [-0.3, -0.25) is 0 Å². The van der Waals surface area contributed by atoms with E-state index in [-0.39, 0.29) is 23.8 Å². The first-order valence-corrected chi connectivity index (χ1v) is 13.6. The average Bonchev–Trinajstić information content (AvgIpc) is 2.90. The minimum atomic E-state index is -0.911. The summed E-state index contributed by atoms with van der Waals surface area (Å²) in [7, 11) is 0. The van der Waals surface area contributed by atoms with E-state index >= 15 is 4.39 Å². The number of hydrogen-bond acceptors (Lipinski definition) is 1. The van der Waals surface area contributed by atoms with Crippen LogP contribution in [-0.4, -0.2) is 6.61 Å². The summed E-state index contributed by atoms with van der Waals surface area (Å²) in [6.07, 6.45) is 17.1. The fourth-order valence-electron chi connectivity index (χ4n) is 6.08. The van der Waals surface area contributed by atoms with Crippen molar-refractivity contribution in [2.75, 3.05) is 6.61 Å². The van der Waals surface area contributed by atoms with Crippen LogP contribution in [0, 0.1) is 47.0 Å². The van der Waals surface area contributed by atoms with Gasteiger partial charge in [0, 0.05) is 5.56 Å². The van der Waals surface area contributed by atoms with Crippen molar-refractivity contribution in [3.8, 4) is 17.6 Å². The molecule has 1 nitrogen and oxygen atoms in total. The van der Waals surface area contributed by atoms with Crippen molar-refractivity contribution < 1.29 is 17.9 Å². The average molecular weight is 507 g/mol. The van der Waals surface area contributed by atoms with Gasteiger partial charge in [-0.2, -0.15) is 0 Å². The third-order valence-corrected chi connectivity index (χ3v) is 8.10. The summed E-state index contributed by atoms with van der Waals surface area (Å²) >= 11 is 0. The van der Waals surface area contributed by atoms with Crippen LogP contribution in [0.15, 0.2) is 54.6 Å². The normalized spacial score (nSPS) is 23.6. The fraction of sp³-hybridized carbons (Fsp3) is 0.455. The Bertz CT molecular complexity index is 1190. The summed E-state index contributed by atoms with van der Waals surface area (Å²) in [5.74, 6) is 5.52. The SMILES string of the molecule is C/C=C/CCC1CCC2CC(c3ccc(C#Cc4ccc(OC/C=C/C)c(F)c4)c(F)c3F)CCC2C1. The van der Waals surface area contributed by atoms with E-state index in [1.54, 1.807) is 24.3 Å². The Hall–Kier alpha value is -2.93. The Morgan fingerprint density at radius 3 is 2.43 bits per heavy atom. The molecule has 4 rings (SSSR count). The molecular formula is C33H37F3O. The lowest BCUT2D eigenvalue weighted by molar-refractivity contribution is 0.114. The summed E-state index contributed by atoms with van der Waals surface area (Å²) in [6, 6.07) is 7.62. The van der Waals surface area contributed by atoms with Crippen LogP contribution in [0.3, 0.4) is 0 Å². The van der Waals surface area contributed by atoms with E-state index in [0.29, 0.717) is 17.0 Å². The molecule has 0 heterocycles. The monoisotopic (exact) mass is 506 g/mol. The summed E-state index contributed by atoms with van der Waals surface area (Å²) < 4.78 is 49.7. The fourth-order valence-corrected chi connectivity index (χ4v) is 6.08. The predicted octanol–water partition coefficient (Wildman–Crippen LogP) is 9.11. The minimum absolute atomic E-state index is 0.00890. The lowest BCUT2D eigenvalue weighted by Crippen LogP contribution is -2.30. The number of hydrogen-bond donors (Lipinski definition) is 0. The molecule has 0 radical (unpaired) electrons. The molecule has 0 bridgehead atoms. The number of benzene rings is 2. The van der Waals surface area contributed by atoms with Gasteiger partial charge in [0.1, 0.15) is 6.61 Å². The van der Waals surface area contributed by atoms with Crippen molar-refractivity contribution in [2.45, 2.75) is 71.1 Å². The van der Waals surface area contributed by atoms with Gasteiger partial charge in [0.25, 0.3) is 0 Å². The molecule has 2 saturated carbocycles. The highest BCUT2D eigenvalue weighted by molar-refractivity contribution is 5.46. The number of ether oxygens (including phenoxy) is 1. The van der Waals surface area contributed by atoms with Crippen LogP contribution in [0.1, 0.15) is 87.8 Å². The maximum absolute atomic E-state index is 15.2. The number of allylic oxidation sites excluding steroid dienone is 3. The van der Waals surface area contributed by atoms with Gasteiger partial charge in [0.05, 0.1) is 5.56 Å². The van der Waals surface area contributed by atoms with Crippen LogP contribution in [-0.2, 0) is 0 Å². The van der Waals surface area contributed by atoms with E-state index in [9.17, 15) is 8.78 Å². The predicted molar refractivity (Wildman–Crippen MR) is 144 cm³/mol. The van der Waals surface area contributed by atoms with Crippen LogP contribution in [0.2, 0.25) is 0 Å². The molecule has 0 aliphatic heterocycles. The highest BCUT2D eigenvalue weighted by atomic mass is 19.2. The molecule has 2 aromatic rings. The Labute approximate surface area is 219 Å². The van der Waals surface area contributed by atoms with E-state index in [0.717, 1.165) is 37.5 Å². The van der Waals surface area contributed by atoms with Crippen molar-refractivity contribution in [1.29, 1.82) is 0 Å². The molecular weight excluding hydrogens is 469 g/mol. The molecule has 37 heavy (non-hydrogen) atoms. The third-order valence-electron chi connectivity index (χ3n) is 8.10. The Balaban J connectivity index is 1.40. The maximum atomic E-state index is 15.2. The molecule has 0 amide bonds. The summed E-state index contributed by atoms with van der Waals surface area (Å²) in [6.45, 7) is 4.20. The summed E-state index contributed by atoms with van der Waals surface area (Å²) in [5.41, 5.74) is 0.843. The zero-order chi connectivity index (χ0) is 26.2. The third kappa shape index (κ3) is 6.89. The second-order valence-electron chi connectivity index (χ2n) is 10.5. The first kappa shape index (κ1) is 27.1. The van der Waals surface area contributed by atoms with E-state index < -0.39 is 17.5 Å². The van der Waals surface area contributed by atoms with E-state index in [4.69, 9.17) is 4.74 Å². The molecule has 0 saturated heterocycles. The van der Waals surface area contributed by atoms with Crippen LogP contribution >= 0.6 is 0 Å². The van der Waals surface area contributed by atoms with Gasteiger partial charge < -0.3 is 4.74 Å². The smallest absolute Gasteiger partial charge is 0.174 e. The largest absolute Gasteiger partial charge is 0.486 e. The minimum Gasteiger partial charge on any atom is -0.486 e. The molecule has 196 valence electrons. The molecule has 4 atom stereocenters. The van der Waals surface area contributed by atoms with Gasteiger partial charge in [0.15, 0.2) is 23.2 Å². The standard InChI is InChI=1S/C33H37F3O/c1-3-5-7-8-23-10-13-27-22-28(15-14-26(27)20-23)29-17-16-25(32(35)33(29)36)12-9-24-11-18-31(30(34)21-24)37-19-6-4-2/h3-6,11,16-18,21,23,26-28H,7-8,10,13-15,19-20,22H2,1-2H3/b5-3+,6-4+. The quantitative estimate of drug-likeness (QED) is 0.269. The van der Waals surface area contributed by atoms with Gasteiger partial charge in [-0.05, 0) is 112 Å². The van der Waals surface area contributed by atoms with Crippen LogP contribution < -0.4 is 4.74 Å². The van der Waals surface area contributed by atoms with E-state index in [2.05, 4.69) is 30.9 Å². The first-order chi connectivity index (χ1) is 18.0. The molecule has 2 aliphatic rings. The van der Waals surface area contributed by atoms with Crippen LogP contribution in [0.4, 0.5) is 13.2 Å². The summed E-state index contributed by atoms with van der Waals surface area (Å²) in [4.78, 5) is 0. The van der Waals surface area contributed by atoms with E-state index in [1.165, 1.54) is 37.8 Å². The van der Waals surface area contributed by atoms with Crippen molar-refractivity contribution in [3.63, 3.8) is 0 Å². The van der Waals surface area contributed by atoms with Crippen molar-refractivity contribution in [3.05, 3.63) is 88.8 Å². The van der Waals surface area contributed by atoms with Crippen molar-refractivity contribution >= 4 is 0 Å². The molecule has 0 spiro atoms. The van der Waals surface area contributed by atoms with Crippen molar-refractivity contribution in [1.82, 2.24) is 0 Å².